The van der Waals surface area contributed by atoms with Crippen molar-refractivity contribution in [1.29, 1.82) is 0 Å². The molecule has 1 unspecified atom stereocenters. The third-order valence-electron chi connectivity index (χ3n) is 3.91. The highest BCUT2D eigenvalue weighted by atomic mass is 31.1. The van der Waals surface area contributed by atoms with Gasteiger partial charge in [-0.25, -0.2) is 24.5 Å². The number of carbonyl (C=O) groups is 2. The van der Waals surface area contributed by atoms with Crippen LogP contribution in [0.15, 0.2) is 38.0 Å². The number of fused-ring (bicyclic) bond motifs is 1. The number of imidazole rings is 1. The molecule has 0 fully saturated rings. The Morgan fingerprint density at radius 1 is 1.18 bits per heavy atom. The molecule has 1 atom stereocenters. The molecule has 0 aliphatic heterocycles. The van der Waals surface area contributed by atoms with Crippen LogP contribution in [0.25, 0.3) is 11.2 Å². The van der Waals surface area contributed by atoms with Crippen LogP contribution in [-0.4, -0.2) is 70.8 Å². The van der Waals surface area contributed by atoms with Crippen LogP contribution in [0, 0.1) is 5.92 Å². The van der Waals surface area contributed by atoms with Gasteiger partial charge in [-0.2, -0.15) is 4.89 Å². The first-order valence-corrected chi connectivity index (χ1v) is 10.7. The molecule has 0 aliphatic rings. The van der Waals surface area contributed by atoms with Gasteiger partial charge in [0, 0.05) is 11.2 Å². The van der Waals surface area contributed by atoms with E-state index in [-0.39, 0.29) is 18.9 Å². The topological polar surface area (TPSA) is 229 Å². The summed E-state index contributed by atoms with van der Waals surface area (Å²) in [5, 5.41) is 27.9. The van der Waals surface area contributed by atoms with Crippen LogP contribution in [0.1, 0.15) is 13.8 Å². The van der Waals surface area contributed by atoms with Crippen LogP contribution < -0.4 is 5.73 Å². The zero-order valence-electron chi connectivity index (χ0n) is 18.5. The van der Waals surface area contributed by atoms with E-state index in [9.17, 15) is 4.57 Å². The molecule has 188 valence electrons. The maximum atomic E-state index is 11.9. The van der Waals surface area contributed by atoms with Gasteiger partial charge in [0.05, 0.1) is 12.9 Å². The first kappa shape index (κ1) is 30.3. The van der Waals surface area contributed by atoms with E-state index in [1.807, 2.05) is 13.8 Å². The summed E-state index contributed by atoms with van der Waals surface area (Å²) in [6.07, 6.45) is 2.32. The molecule has 0 aromatic carbocycles. The third kappa shape index (κ3) is 10.8. The maximum Gasteiger partial charge on any atom is 0.568 e. The van der Waals surface area contributed by atoms with Crippen molar-refractivity contribution in [3.05, 3.63) is 38.0 Å². The second kappa shape index (κ2) is 15.2. The Bertz CT molecular complexity index is 953. The number of carboxylic acid groups (broad SMARTS) is 4. The number of nitrogens with zero attached hydrogens (tertiary/aromatic N) is 4. The summed E-state index contributed by atoms with van der Waals surface area (Å²) in [7, 11) is -2.15. The summed E-state index contributed by atoms with van der Waals surface area (Å²) >= 11 is 0. The average molecular weight is 504 g/mol. The largest absolute Gasteiger partial charge is 0.568 e. The lowest BCUT2D eigenvalue weighted by Gasteiger charge is -2.26. The predicted octanol–water partition coefficient (Wildman–Crippen LogP) is 3.28. The van der Waals surface area contributed by atoms with Gasteiger partial charge in [-0.3, -0.25) is 0 Å². The highest BCUT2D eigenvalue weighted by molar-refractivity contribution is 7.38. The van der Waals surface area contributed by atoms with Crippen LogP contribution in [0.2, 0.25) is 0 Å². The Morgan fingerprint density at radius 2 is 1.74 bits per heavy atom. The molecule has 6 N–H and O–H groups in total. The summed E-state index contributed by atoms with van der Waals surface area (Å²) < 4.78 is 24.0. The molecule has 2 rings (SSSR count). The van der Waals surface area contributed by atoms with Gasteiger partial charge in [-0.15, -0.1) is 0 Å². The molecule has 0 spiro atoms. The van der Waals surface area contributed by atoms with Crippen molar-refractivity contribution in [2.45, 2.75) is 26.0 Å². The molecular weight excluding hydrogens is 477 g/mol. The molecule has 0 saturated carbocycles. The minimum atomic E-state index is -2.15. The number of nitrogen functional groups attached to an aromatic ring is 1. The van der Waals surface area contributed by atoms with Crippen LogP contribution in [0.4, 0.5) is 15.4 Å². The molecular formula is C18H27N5O10P+. The molecule has 2 aromatic heterocycles. The van der Waals surface area contributed by atoms with Crippen LogP contribution in [0.5, 0.6) is 0 Å². The van der Waals surface area contributed by atoms with E-state index in [0.717, 1.165) is 0 Å². The van der Waals surface area contributed by atoms with E-state index in [4.69, 9.17) is 50.0 Å². The number of aromatic nitrogens is 4. The van der Waals surface area contributed by atoms with Crippen molar-refractivity contribution in [3.8, 4) is 0 Å². The molecule has 16 heteroatoms. The number of hydrogen-bond donors (Lipinski definition) is 5. The van der Waals surface area contributed by atoms with Gasteiger partial charge < -0.3 is 35.5 Å². The minimum absolute atomic E-state index is 0.0192. The van der Waals surface area contributed by atoms with E-state index in [1.165, 1.54) is 6.33 Å². The van der Waals surface area contributed by atoms with E-state index in [2.05, 4.69) is 28.1 Å². The number of anilines is 1. The maximum absolute atomic E-state index is 11.9. The lowest BCUT2D eigenvalue weighted by molar-refractivity contribution is -0.268. The first-order valence-electron chi connectivity index (χ1n) is 9.30. The van der Waals surface area contributed by atoms with E-state index < -0.39 is 25.9 Å². The Morgan fingerprint density at radius 3 is 2.24 bits per heavy atom. The van der Waals surface area contributed by atoms with Crippen LogP contribution in [-0.2, 0) is 25.4 Å². The fraction of sp³-hybridized carbons (Fsp3) is 0.389. The highest BCUT2D eigenvalue weighted by Crippen LogP contribution is 2.31. The van der Waals surface area contributed by atoms with Crippen molar-refractivity contribution < 1.29 is 48.9 Å². The van der Waals surface area contributed by atoms with Crippen molar-refractivity contribution in [3.63, 3.8) is 0 Å². The summed E-state index contributed by atoms with van der Waals surface area (Å²) in [5.74, 6) is 0.340. The first-order chi connectivity index (χ1) is 15.9. The highest BCUT2D eigenvalue weighted by Gasteiger charge is 2.34. The zero-order valence-corrected chi connectivity index (χ0v) is 19.4. The SMILES string of the molecule is C=CC(C=C)(OO[P+](=O)COCCn1cnc2c(N)ncnc21)C(C)C.O=C(O)O.O=C(O)O. The molecule has 2 heterocycles. The van der Waals surface area contributed by atoms with Gasteiger partial charge in [0.1, 0.15) is 17.4 Å². The molecule has 0 saturated heterocycles. The molecule has 15 nitrogen and oxygen atoms in total. The fourth-order valence-corrected chi connectivity index (χ4v) is 2.74. The Hall–Kier alpha value is -3.65. The van der Waals surface area contributed by atoms with Gasteiger partial charge in [0.2, 0.25) is 0 Å². The third-order valence-corrected chi connectivity index (χ3v) is 4.54. The Kier molecular flexibility index (Phi) is 13.6. The van der Waals surface area contributed by atoms with Crippen molar-refractivity contribution in [1.82, 2.24) is 19.5 Å². The zero-order chi connectivity index (χ0) is 26.3. The second-order valence-electron chi connectivity index (χ2n) is 6.38. The average Bonchev–Trinajstić information content (AvgIpc) is 3.16. The van der Waals surface area contributed by atoms with Gasteiger partial charge in [0.15, 0.2) is 11.5 Å². The summed E-state index contributed by atoms with van der Waals surface area (Å²) in [5.41, 5.74) is 5.98. The summed E-state index contributed by atoms with van der Waals surface area (Å²) in [6, 6.07) is 0. The molecule has 34 heavy (non-hydrogen) atoms. The summed E-state index contributed by atoms with van der Waals surface area (Å²) in [6.45, 7) is 12.0. The summed E-state index contributed by atoms with van der Waals surface area (Å²) in [4.78, 5) is 34.6. The standard InChI is InChI=1S/C16H23N5O4P.2CH2O3/c1-5-16(6-2,12(3)4)24-25-26(22)11-23-8-7-21-10-20-13-14(17)18-9-19-15(13)21;2*2-1(3)4/h5-6,9-10,12H,1-2,7-8,11H2,3-4H3,(H2,17,18,19);2*(H2,2,3,4)/q+1;;. The van der Waals surface area contributed by atoms with Crippen LogP contribution in [0.3, 0.4) is 0 Å². The lowest BCUT2D eigenvalue weighted by atomic mass is 9.91. The van der Waals surface area contributed by atoms with E-state index >= 15 is 0 Å². The fourth-order valence-electron chi connectivity index (χ4n) is 2.21. The molecule has 0 radical (unpaired) electrons. The molecule has 0 amide bonds. The predicted molar refractivity (Wildman–Crippen MR) is 120 cm³/mol. The van der Waals surface area contributed by atoms with Gasteiger partial charge in [0.25, 0.3) is 6.35 Å². The van der Waals surface area contributed by atoms with Crippen molar-refractivity contribution in [2.24, 2.45) is 5.92 Å². The number of hydrogen-bond acceptors (Lipinski definition) is 10. The smallest absolute Gasteiger partial charge is 0.450 e. The minimum Gasteiger partial charge on any atom is -0.450 e. The number of nitrogens with two attached hydrogens (primary N) is 1. The normalized spacial score (nSPS) is 11.0. The second-order valence-corrected chi connectivity index (χ2v) is 7.45. The van der Waals surface area contributed by atoms with Gasteiger partial charge >= 0.3 is 20.3 Å². The van der Waals surface area contributed by atoms with Crippen molar-refractivity contribution in [2.75, 3.05) is 18.7 Å². The Balaban J connectivity index is 0.00000118. The molecule has 2 aromatic rings. The lowest BCUT2D eigenvalue weighted by Crippen LogP contribution is -2.33. The van der Waals surface area contributed by atoms with Gasteiger partial charge in [-0.05, 0) is 10.5 Å². The van der Waals surface area contributed by atoms with Crippen molar-refractivity contribution >= 4 is 37.3 Å². The van der Waals surface area contributed by atoms with E-state index in [1.54, 1.807) is 23.0 Å². The molecule has 0 aliphatic carbocycles. The van der Waals surface area contributed by atoms with Gasteiger partial charge in [-0.1, -0.05) is 39.2 Å². The number of ether oxygens (including phenoxy) is 1. The monoisotopic (exact) mass is 504 g/mol. The number of rotatable bonds is 11. The van der Waals surface area contributed by atoms with E-state index in [0.29, 0.717) is 23.5 Å². The Labute approximate surface area is 194 Å². The quantitative estimate of drug-likeness (QED) is 0.0972. The van der Waals surface area contributed by atoms with Crippen LogP contribution >= 0.6 is 8.03 Å². The molecule has 0 bridgehead atoms.